The van der Waals surface area contributed by atoms with Crippen LogP contribution >= 0.6 is 0 Å². The number of fused-ring (bicyclic) bond motifs is 3. The number of hydrogen-bond acceptors (Lipinski definition) is 18. The molecule has 6 N–H and O–H groups in total. The van der Waals surface area contributed by atoms with Crippen LogP contribution in [0.15, 0.2) is 221 Å². The summed E-state index contributed by atoms with van der Waals surface area (Å²) in [7, 11) is 0. The first-order valence-electron chi connectivity index (χ1n) is 32.1. The molecule has 3 atom stereocenters. The molecule has 12 aromatic rings. The van der Waals surface area contributed by atoms with Crippen LogP contribution < -0.4 is 31.4 Å². The lowest BCUT2D eigenvalue weighted by Crippen LogP contribution is -2.40. The van der Waals surface area contributed by atoms with Crippen molar-refractivity contribution in [1.29, 1.82) is 0 Å². The van der Waals surface area contributed by atoms with Gasteiger partial charge in [-0.1, -0.05) is 74.3 Å². The van der Waals surface area contributed by atoms with Crippen LogP contribution in [0, 0.1) is 0 Å². The van der Waals surface area contributed by atoms with Gasteiger partial charge >= 0.3 is 0 Å². The van der Waals surface area contributed by atoms with Gasteiger partial charge in [-0.05, 0) is 160 Å². The van der Waals surface area contributed by atoms with E-state index in [1.165, 1.54) is 37.2 Å². The van der Waals surface area contributed by atoms with Gasteiger partial charge in [-0.2, -0.15) is 15.3 Å². The van der Waals surface area contributed by atoms with Crippen molar-refractivity contribution in [1.82, 2.24) is 73.9 Å². The zero-order valence-corrected chi connectivity index (χ0v) is 53.6. The van der Waals surface area contributed by atoms with E-state index in [0.29, 0.717) is 107 Å². The maximum absolute atomic E-state index is 12.2. The van der Waals surface area contributed by atoms with E-state index in [9.17, 15) is 14.4 Å². The molecule has 24 heteroatoms. The molecule has 24 nitrogen and oxygen atoms in total. The topological polar surface area (TPSA) is 297 Å². The summed E-state index contributed by atoms with van der Waals surface area (Å²) in [5, 5.41) is 16.8. The molecule has 0 aliphatic carbocycles. The molecule has 3 amide bonds. The fourth-order valence-electron chi connectivity index (χ4n) is 12.5. The van der Waals surface area contributed by atoms with Crippen molar-refractivity contribution in [3.05, 3.63) is 221 Å². The Morgan fingerprint density at radius 3 is 0.939 bits per heavy atom. The average Bonchev–Trinajstić information content (AvgIpc) is 1.62. The molecule has 3 aliphatic heterocycles. The molecule has 0 bridgehead atoms. The molecule has 492 valence electrons. The van der Waals surface area contributed by atoms with E-state index in [-0.39, 0.29) is 35.8 Å². The fraction of sp³-hybridized carbons (Fsp3) is 0.189. The molecular weight excluding hydrogens is 1240 g/mol. The number of carbonyl (C=O) groups excluding carboxylic acids is 3. The maximum Gasteiger partial charge on any atom is 0.246 e. The Balaban J connectivity index is 0.000000132. The summed E-state index contributed by atoms with van der Waals surface area (Å²) in [5.41, 5.74) is 25.5. The molecular formula is C74H70N18O6. The Morgan fingerprint density at radius 1 is 0.367 bits per heavy atom. The lowest BCUT2D eigenvalue weighted by molar-refractivity contribution is -0.128. The molecule has 6 aromatic heterocycles. The highest BCUT2D eigenvalue weighted by Crippen LogP contribution is 2.39. The van der Waals surface area contributed by atoms with Crippen molar-refractivity contribution in [2.45, 2.75) is 50.2 Å². The number of anilines is 3. The van der Waals surface area contributed by atoms with Crippen LogP contribution in [0.4, 0.5) is 17.5 Å². The molecule has 15 rings (SSSR count). The number of ether oxygens (including phenoxy) is 3. The van der Waals surface area contributed by atoms with E-state index in [1.807, 2.05) is 178 Å². The number of aromatic nitrogens is 12. The van der Waals surface area contributed by atoms with Gasteiger partial charge in [-0.15, -0.1) is 0 Å². The zero-order chi connectivity index (χ0) is 67.7. The maximum atomic E-state index is 12.2. The molecule has 3 aliphatic rings. The van der Waals surface area contributed by atoms with E-state index in [0.717, 1.165) is 83.3 Å². The Hall–Kier alpha value is -12.6. The lowest BCUT2D eigenvalue weighted by Gasteiger charge is -2.32. The van der Waals surface area contributed by atoms with Crippen LogP contribution in [-0.4, -0.2) is 131 Å². The van der Waals surface area contributed by atoms with E-state index in [2.05, 4.69) is 49.6 Å². The number of likely N-dealkylation sites (tertiary alicyclic amines) is 3. The summed E-state index contributed by atoms with van der Waals surface area (Å²) in [4.78, 5) is 67.7. The van der Waals surface area contributed by atoms with Crippen molar-refractivity contribution in [2.75, 3.05) is 56.5 Å². The van der Waals surface area contributed by atoms with E-state index < -0.39 is 0 Å². The monoisotopic (exact) mass is 1310 g/mol. The minimum atomic E-state index is -0.0765. The third-order valence-corrected chi connectivity index (χ3v) is 17.3. The largest absolute Gasteiger partial charge is 0.457 e. The third kappa shape index (κ3) is 13.8. The summed E-state index contributed by atoms with van der Waals surface area (Å²) in [6, 6.07) is 51.9. The van der Waals surface area contributed by atoms with Crippen LogP contribution in [0.25, 0.3) is 66.9 Å². The first-order chi connectivity index (χ1) is 47.9. The van der Waals surface area contributed by atoms with Crippen LogP contribution in [0.1, 0.15) is 50.2 Å². The Kier molecular flexibility index (Phi) is 18.9. The third-order valence-electron chi connectivity index (χ3n) is 17.3. The normalized spacial score (nSPS) is 15.9. The number of hydrogen-bond donors (Lipinski definition) is 3. The highest BCUT2D eigenvalue weighted by Gasteiger charge is 2.32. The predicted molar refractivity (Wildman–Crippen MR) is 376 cm³/mol. The van der Waals surface area contributed by atoms with Gasteiger partial charge in [0.2, 0.25) is 17.7 Å². The molecule has 3 unspecified atom stereocenters. The second-order valence-electron chi connectivity index (χ2n) is 23.6. The first kappa shape index (κ1) is 64.1. The SMILES string of the molecule is C=CC(=O)N1CCC(n2nc(-c3ccc(Oc4ccccc4)cc3)c3c(N)ncnc32)C1.C=CC(=O)N1CCCC(n2nc(-c3ccc(Oc4ccccc4)cc3)c3c(N)ncnc32)C1.C=CC(=O)N1CCCC(n2nc(-c3ccc(Oc4ccccc4)cc3)c3c(N)ncnc32)C1. The predicted octanol–water partition coefficient (Wildman–Crippen LogP) is 12.3. The molecule has 98 heavy (non-hydrogen) atoms. The van der Waals surface area contributed by atoms with Crippen LogP contribution in [0.3, 0.4) is 0 Å². The zero-order valence-electron chi connectivity index (χ0n) is 53.6. The molecule has 3 saturated heterocycles. The first-order valence-corrected chi connectivity index (χ1v) is 32.1. The lowest BCUT2D eigenvalue weighted by atomic mass is 10.1. The fourth-order valence-corrected chi connectivity index (χ4v) is 12.5. The van der Waals surface area contributed by atoms with Crippen molar-refractivity contribution >= 4 is 68.3 Å². The quantitative estimate of drug-likeness (QED) is 0.0803. The van der Waals surface area contributed by atoms with Gasteiger partial charge in [0.15, 0.2) is 16.9 Å². The van der Waals surface area contributed by atoms with Crippen LogP contribution in [0.2, 0.25) is 0 Å². The summed E-state index contributed by atoms with van der Waals surface area (Å²) < 4.78 is 23.3. The highest BCUT2D eigenvalue weighted by atomic mass is 16.5. The summed E-state index contributed by atoms with van der Waals surface area (Å²) in [5.74, 6) is 5.40. The van der Waals surface area contributed by atoms with Crippen molar-refractivity contribution < 1.29 is 28.6 Å². The number of para-hydroxylation sites is 3. The number of nitrogens with zero attached hydrogens (tertiary/aromatic N) is 15. The number of nitrogen functional groups attached to an aromatic ring is 3. The summed E-state index contributed by atoms with van der Waals surface area (Å²) in [6.07, 6.45) is 12.7. The molecule has 0 radical (unpaired) electrons. The minimum Gasteiger partial charge on any atom is -0.457 e. The number of nitrogens with two attached hydrogens (primary N) is 3. The van der Waals surface area contributed by atoms with E-state index in [1.54, 1.807) is 14.7 Å². The molecule has 0 saturated carbocycles. The van der Waals surface area contributed by atoms with Gasteiger partial charge in [0, 0.05) is 56.0 Å². The Morgan fingerprint density at radius 2 is 0.643 bits per heavy atom. The van der Waals surface area contributed by atoms with Crippen molar-refractivity contribution in [3.8, 4) is 68.3 Å². The van der Waals surface area contributed by atoms with Gasteiger partial charge in [0.05, 0.1) is 34.3 Å². The Bertz CT molecular complexity index is 4650. The molecule has 3 fully saturated rings. The standard InChI is InChI=1S/2C25H24N6O2.C24H22N6O2/c2*1-2-21(32)30-14-6-7-18(15-30)31-25-22(24(26)27-16-28-25)23(29-31)17-10-12-20(13-11-17)33-19-8-4-3-5-9-19;1-2-20(31)29-13-12-17(14-29)30-24-21(23(25)26-15-27-24)22(28-30)16-8-10-19(11-9-16)32-18-6-4-3-5-7-18/h2*2-5,8-13,16,18H,1,6-7,14-15H2,(H2,26,27,28);2-11,15,17H,1,12-14H2,(H2,25,26,27). The second-order valence-corrected chi connectivity index (χ2v) is 23.6. The summed E-state index contributed by atoms with van der Waals surface area (Å²) in [6.45, 7) is 14.5. The van der Waals surface area contributed by atoms with Gasteiger partial charge < -0.3 is 46.1 Å². The van der Waals surface area contributed by atoms with Crippen molar-refractivity contribution in [2.24, 2.45) is 0 Å². The Labute approximate surface area is 564 Å². The minimum absolute atomic E-state index is 0.00476. The van der Waals surface area contributed by atoms with Crippen LogP contribution in [0.5, 0.6) is 34.5 Å². The van der Waals surface area contributed by atoms with Gasteiger partial charge in [-0.25, -0.2) is 43.9 Å². The van der Waals surface area contributed by atoms with Gasteiger partial charge in [0.1, 0.15) is 88.0 Å². The average molecular weight is 1310 g/mol. The smallest absolute Gasteiger partial charge is 0.246 e. The second kappa shape index (κ2) is 29.0. The molecule has 9 heterocycles. The summed E-state index contributed by atoms with van der Waals surface area (Å²) >= 11 is 0. The number of benzene rings is 6. The van der Waals surface area contributed by atoms with Gasteiger partial charge in [0.25, 0.3) is 0 Å². The number of piperidine rings is 2. The van der Waals surface area contributed by atoms with Crippen LogP contribution in [-0.2, 0) is 14.4 Å². The highest BCUT2D eigenvalue weighted by molar-refractivity contribution is 6.00. The number of amides is 3. The van der Waals surface area contributed by atoms with Gasteiger partial charge in [-0.3, -0.25) is 14.4 Å². The number of rotatable bonds is 15. The van der Waals surface area contributed by atoms with E-state index in [4.69, 9.17) is 46.7 Å². The number of carbonyl (C=O) groups is 3. The molecule has 0 spiro atoms. The molecule has 6 aromatic carbocycles. The van der Waals surface area contributed by atoms with Crippen molar-refractivity contribution in [3.63, 3.8) is 0 Å². The van der Waals surface area contributed by atoms with E-state index >= 15 is 0 Å².